The van der Waals surface area contributed by atoms with Gasteiger partial charge in [-0.05, 0) is 32.4 Å². The highest BCUT2D eigenvalue weighted by atomic mass is 32.2. The highest BCUT2D eigenvalue weighted by molar-refractivity contribution is 7.99. The molecule has 3 nitrogen and oxygen atoms in total. The molecule has 2 N–H and O–H groups in total. The lowest BCUT2D eigenvalue weighted by Gasteiger charge is -2.25. The number of carbonyl (C=O) groups excluding carboxylic acids is 1. The summed E-state index contributed by atoms with van der Waals surface area (Å²) in [7, 11) is 0. The summed E-state index contributed by atoms with van der Waals surface area (Å²) in [6.07, 6.45) is 3.09. The van der Waals surface area contributed by atoms with E-state index >= 15 is 0 Å². The quantitative estimate of drug-likeness (QED) is 0.529. The summed E-state index contributed by atoms with van der Waals surface area (Å²) in [5, 5.41) is 0.394. The van der Waals surface area contributed by atoms with E-state index < -0.39 is 5.54 Å². The summed E-state index contributed by atoms with van der Waals surface area (Å²) in [6, 6.07) is 0. The molecular formula is C12H25NO2S. The molecule has 2 unspecified atom stereocenters. The van der Waals surface area contributed by atoms with Crippen molar-refractivity contribution < 1.29 is 9.53 Å². The van der Waals surface area contributed by atoms with Crippen LogP contribution in [-0.4, -0.2) is 29.1 Å². The van der Waals surface area contributed by atoms with Crippen LogP contribution >= 0.6 is 11.8 Å². The van der Waals surface area contributed by atoms with Crippen molar-refractivity contribution in [3.8, 4) is 0 Å². The van der Waals surface area contributed by atoms with Crippen LogP contribution in [0.4, 0.5) is 0 Å². The van der Waals surface area contributed by atoms with Crippen LogP contribution in [0.5, 0.6) is 0 Å². The van der Waals surface area contributed by atoms with Gasteiger partial charge in [0, 0.05) is 5.25 Å². The van der Waals surface area contributed by atoms with Gasteiger partial charge in [0.05, 0.1) is 6.61 Å². The van der Waals surface area contributed by atoms with E-state index in [1.54, 1.807) is 13.8 Å². The fourth-order valence-electron chi connectivity index (χ4n) is 1.46. The molecule has 0 aliphatic carbocycles. The lowest BCUT2D eigenvalue weighted by molar-refractivity contribution is -0.149. The molecule has 0 aromatic heterocycles. The largest absolute Gasteiger partial charge is 0.465 e. The minimum absolute atomic E-state index is 0.294. The summed E-state index contributed by atoms with van der Waals surface area (Å²) in [6.45, 7) is 8.24. The van der Waals surface area contributed by atoms with Crippen LogP contribution < -0.4 is 5.73 Å². The molecule has 0 heterocycles. The molecule has 2 atom stereocenters. The summed E-state index contributed by atoms with van der Waals surface area (Å²) in [5.74, 6) is 0.842. The SMILES string of the molecule is CCCCSC(C)CC(C)(N)C(=O)OCC. The van der Waals surface area contributed by atoms with Crippen LogP contribution in [0, 0.1) is 0 Å². The summed E-state index contributed by atoms with van der Waals surface area (Å²) in [4.78, 5) is 11.6. The third-order valence-corrected chi connectivity index (χ3v) is 3.61. The minimum atomic E-state index is -0.853. The van der Waals surface area contributed by atoms with E-state index in [4.69, 9.17) is 10.5 Å². The predicted molar refractivity (Wildman–Crippen MR) is 70.7 cm³/mol. The van der Waals surface area contributed by atoms with Gasteiger partial charge in [0.1, 0.15) is 5.54 Å². The zero-order valence-corrected chi connectivity index (χ0v) is 11.7. The van der Waals surface area contributed by atoms with Gasteiger partial charge >= 0.3 is 5.97 Å². The first-order valence-corrected chi connectivity index (χ1v) is 7.06. The van der Waals surface area contributed by atoms with Gasteiger partial charge in [-0.1, -0.05) is 20.3 Å². The predicted octanol–water partition coefficient (Wildman–Crippen LogP) is 2.58. The third-order valence-electron chi connectivity index (χ3n) is 2.35. The molecule has 0 aromatic carbocycles. The van der Waals surface area contributed by atoms with E-state index in [0.717, 1.165) is 5.75 Å². The number of nitrogens with two attached hydrogens (primary N) is 1. The Bertz CT molecular complexity index is 207. The van der Waals surface area contributed by atoms with E-state index in [2.05, 4.69) is 13.8 Å². The van der Waals surface area contributed by atoms with Gasteiger partial charge in [0.2, 0.25) is 0 Å². The number of esters is 1. The first kappa shape index (κ1) is 15.8. The molecule has 0 fully saturated rings. The van der Waals surface area contributed by atoms with Crippen LogP contribution in [0.2, 0.25) is 0 Å². The Morgan fingerprint density at radius 2 is 2.12 bits per heavy atom. The van der Waals surface area contributed by atoms with Crippen molar-refractivity contribution in [2.75, 3.05) is 12.4 Å². The van der Waals surface area contributed by atoms with Crippen molar-refractivity contribution in [1.29, 1.82) is 0 Å². The van der Waals surface area contributed by atoms with Crippen molar-refractivity contribution in [3.05, 3.63) is 0 Å². The molecule has 4 heteroatoms. The molecule has 0 saturated heterocycles. The molecule has 16 heavy (non-hydrogen) atoms. The number of hydrogen-bond donors (Lipinski definition) is 1. The number of thioether (sulfide) groups is 1. The van der Waals surface area contributed by atoms with E-state index in [1.165, 1.54) is 12.8 Å². The first-order valence-electron chi connectivity index (χ1n) is 6.01. The van der Waals surface area contributed by atoms with Crippen molar-refractivity contribution in [2.45, 2.75) is 57.7 Å². The average Bonchev–Trinajstić information content (AvgIpc) is 2.17. The Labute approximate surface area is 103 Å². The second-order valence-electron chi connectivity index (χ2n) is 4.38. The van der Waals surface area contributed by atoms with Gasteiger partial charge in [0.25, 0.3) is 0 Å². The van der Waals surface area contributed by atoms with E-state index in [0.29, 0.717) is 18.3 Å². The molecule has 96 valence electrons. The van der Waals surface area contributed by atoms with Crippen LogP contribution in [0.15, 0.2) is 0 Å². The van der Waals surface area contributed by atoms with Gasteiger partial charge in [-0.2, -0.15) is 11.8 Å². The number of ether oxygens (including phenoxy) is 1. The Kier molecular flexibility index (Phi) is 7.85. The Morgan fingerprint density at radius 3 is 2.62 bits per heavy atom. The molecule has 0 saturated carbocycles. The first-order chi connectivity index (χ1) is 7.44. The zero-order chi connectivity index (χ0) is 12.6. The van der Waals surface area contributed by atoms with Crippen molar-refractivity contribution in [2.24, 2.45) is 5.73 Å². The van der Waals surface area contributed by atoms with Crippen LogP contribution in [0.1, 0.15) is 47.0 Å². The third kappa shape index (κ3) is 6.38. The highest BCUT2D eigenvalue weighted by Gasteiger charge is 2.31. The topological polar surface area (TPSA) is 52.3 Å². The lowest BCUT2D eigenvalue weighted by Crippen LogP contribution is -2.47. The van der Waals surface area contributed by atoms with Crippen molar-refractivity contribution >= 4 is 17.7 Å². The van der Waals surface area contributed by atoms with Crippen LogP contribution in [0.25, 0.3) is 0 Å². The maximum absolute atomic E-state index is 11.6. The van der Waals surface area contributed by atoms with Crippen LogP contribution in [-0.2, 0) is 9.53 Å². The average molecular weight is 247 g/mol. The van der Waals surface area contributed by atoms with Gasteiger partial charge in [-0.3, -0.25) is 4.79 Å². The van der Waals surface area contributed by atoms with Gasteiger partial charge in [0.15, 0.2) is 0 Å². The molecule has 0 bridgehead atoms. The standard InChI is InChI=1S/C12H25NO2S/c1-5-7-8-16-10(3)9-12(4,13)11(14)15-6-2/h10H,5-9,13H2,1-4H3. The Morgan fingerprint density at radius 1 is 1.50 bits per heavy atom. The molecule has 0 aliphatic rings. The number of hydrogen-bond acceptors (Lipinski definition) is 4. The number of rotatable bonds is 8. The number of unbranched alkanes of at least 4 members (excludes halogenated alkanes) is 1. The molecule has 0 aromatic rings. The van der Waals surface area contributed by atoms with Crippen molar-refractivity contribution in [3.63, 3.8) is 0 Å². The molecule has 0 aliphatic heterocycles. The fourth-order valence-corrected chi connectivity index (χ4v) is 2.79. The summed E-state index contributed by atoms with van der Waals surface area (Å²) >= 11 is 1.88. The molecule has 0 radical (unpaired) electrons. The molecule has 0 rings (SSSR count). The van der Waals surface area contributed by atoms with Crippen LogP contribution in [0.3, 0.4) is 0 Å². The van der Waals surface area contributed by atoms with Gasteiger partial charge in [-0.25, -0.2) is 0 Å². The summed E-state index contributed by atoms with van der Waals surface area (Å²) in [5.41, 5.74) is 5.11. The minimum Gasteiger partial charge on any atom is -0.465 e. The monoisotopic (exact) mass is 247 g/mol. The number of carbonyl (C=O) groups is 1. The normalized spacial score (nSPS) is 16.6. The van der Waals surface area contributed by atoms with Gasteiger partial charge < -0.3 is 10.5 Å². The zero-order valence-electron chi connectivity index (χ0n) is 10.9. The lowest BCUT2D eigenvalue weighted by atomic mass is 9.98. The Hall–Kier alpha value is -0.220. The highest BCUT2D eigenvalue weighted by Crippen LogP contribution is 2.22. The molecular weight excluding hydrogens is 222 g/mol. The smallest absolute Gasteiger partial charge is 0.325 e. The summed E-state index contributed by atoms with van der Waals surface area (Å²) < 4.78 is 4.96. The van der Waals surface area contributed by atoms with E-state index in [9.17, 15) is 4.79 Å². The van der Waals surface area contributed by atoms with Crippen molar-refractivity contribution in [1.82, 2.24) is 0 Å². The second kappa shape index (κ2) is 7.96. The molecule has 0 spiro atoms. The van der Waals surface area contributed by atoms with Gasteiger partial charge in [-0.15, -0.1) is 0 Å². The fraction of sp³-hybridized carbons (Fsp3) is 0.917. The van der Waals surface area contributed by atoms with E-state index in [-0.39, 0.29) is 5.97 Å². The van der Waals surface area contributed by atoms with E-state index in [1.807, 2.05) is 11.8 Å². The molecule has 0 amide bonds. The Balaban J connectivity index is 3.98. The maximum atomic E-state index is 11.6. The maximum Gasteiger partial charge on any atom is 0.325 e. The second-order valence-corrected chi connectivity index (χ2v) is 5.92.